The highest BCUT2D eigenvalue weighted by Gasteiger charge is 2.28. The van der Waals surface area contributed by atoms with Crippen molar-refractivity contribution in [3.05, 3.63) is 46.7 Å². The summed E-state index contributed by atoms with van der Waals surface area (Å²) >= 11 is 0. The minimum absolute atomic E-state index is 0.149. The van der Waals surface area contributed by atoms with E-state index in [-0.39, 0.29) is 5.92 Å². The Kier molecular flexibility index (Phi) is 4.51. The van der Waals surface area contributed by atoms with Crippen LogP contribution >= 0.6 is 0 Å². The standard InChI is InChI=1S/C19H24F2O/c1-12-3-10-17(19(21)18(12)20)15-8-6-14(7-9-15)16-5-4-13(2)22-11-16/h3,10-11,13-15H,4-9H2,1-2H3. The van der Waals surface area contributed by atoms with E-state index >= 15 is 0 Å². The van der Waals surface area contributed by atoms with E-state index in [1.165, 1.54) is 5.57 Å². The van der Waals surface area contributed by atoms with Crippen molar-refractivity contribution in [1.29, 1.82) is 0 Å². The summed E-state index contributed by atoms with van der Waals surface area (Å²) in [4.78, 5) is 0. The van der Waals surface area contributed by atoms with Crippen LogP contribution in [0.4, 0.5) is 8.78 Å². The zero-order valence-electron chi connectivity index (χ0n) is 13.4. The Labute approximate surface area is 131 Å². The van der Waals surface area contributed by atoms with Gasteiger partial charge < -0.3 is 4.74 Å². The third kappa shape index (κ3) is 3.04. The molecule has 1 aromatic rings. The first-order chi connectivity index (χ1) is 10.6. The molecule has 0 aromatic heterocycles. The summed E-state index contributed by atoms with van der Waals surface area (Å²) in [6.07, 6.45) is 8.42. The fraction of sp³-hybridized carbons (Fsp3) is 0.579. The average molecular weight is 306 g/mol. The molecule has 0 N–H and O–H groups in total. The summed E-state index contributed by atoms with van der Waals surface area (Å²) in [7, 11) is 0. The molecule has 1 unspecified atom stereocenters. The van der Waals surface area contributed by atoms with Crippen LogP contribution in [0.1, 0.15) is 62.5 Å². The molecule has 120 valence electrons. The molecule has 1 aromatic carbocycles. The van der Waals surface area contributed by atoms with Crippen LogP contribution in [-0.4, -0.2) is 6.10 Å². The second-order valence-electron chi connectivity index (χ2n) is 6.83. The molecular formula is C19H24F2O. The maximum Gasteiger partial charge on any atom is 0.162 e. The van der Waals surface area contributed by atoms with Gasteiger partial charge in [0.1, 0.15) is 0 Å². The predicted molar refractivity (Wildman–Crippen MR) is 83.7 cm³/mol. The van der Waals surface area contributed by atoms with Crippen molar-refractivity contribution in [2.45, 2.75) is 64.4 Å². The molecule has 22 heavy (non-hydrogen) atoms. The maximum atomic E-state index is 14.1. The SMILES string of the molecule is Cc1ccc(C2CCC(C3=COC(C)CC3)CC2)c(F)c1F. The molecule has 0 bridgehead atoms. The second kappa shape index (κ2) is 6.39. The highest BCUT2D eigenvalue weighted by atomic mass is 19.2. The minimum atomic E-state index is -0.683. The Bertz CT molecular complexity index is 571. The zero-order chi connectivity index (χ0) is 15.7. The van der Waals surface area contributed by atoms with E-state index in [0.717, 1.165) is 38.5 Å². The summed E-state index contributed by atoms with van der Waals surface area (Å²) in [5, 5.41) is 0. The van der Waals surface area contributed by atoms with Crippen LogP contribution in [-0.2, 0) is 4.74 Å². The highest BCUT2D eigenvalue weighted by molar-refractivity contribution is 5.28. The number of hydrogen-bond acceptors (Lipinski definition) is 1. The molecule has 2 aliphatic rings. The molecule has 1 aliphatic carbocycles. The molecule has 1 fully saturated rings. The van der Waals surface area contributed by atoms with Gasteiger partial charge in [0.2, 0.25) is 0 Å². The quantitative estimate of drug-likeness (QED) is 0.688. The van der Waals surface area contributed by atoms with Crippen molar-refractivity contribution in [3.63, 3.8) is 0 Å². The number of rotatable bonds is 2. The van der Waals surface area contributed by atoms with Crippen LogP contribution < -0.4 is 0 Å². The van der Waals surface area contributed by atoms with Crippen LogP contribution in [0.2, 0.25) is 0 Å². The van der Waals surface area contributed by atoms with E-state index in [4.69, 9.17) is 4.74 Å². The van der Waals surface area contributed by atoms with Crippen molar-refractivity contribution in [3.8, 4) is 0 Å². The molecule has 1 aliphatic heterocycles. The van der Waals surface area contributed by atoms with Crippen molar-refractivity contribution in [1.82, 2.24) is 0 Å². The first kappa shape index (κ1) is 15.5. The Hall–Kier alpha value is -1.38. The molecule has 1 nitrogen and oxygen atoms in total. The monoisotopic (exact) mass is 306 g/mol. The topological polar surface area (TPSA) is 9.23 Å². The van der Waals surface area contributed by atoms with Gasteiger partial charge in [0.25, 0.3) is 0 Å². The number of benzene rings is 1. The molecule has 1 atom stereocenters. The number of aryl methyl sites for hydroxylation is 1. The Morgan fingerprint density at radius 2 is 1.64 bits per heavy atom. The number of hydrogen-bond donors (Lipinski definition) is 0. The lowest BCUT2D eigenvalue weighted by molar-refractivity contribution is 0.129. The number of halogens is 2. The lowest BCUT2D eigenvalue weighted by atomic mass is 9.75. The Balaban J connectivity index is 1.66. The summed E-state index contributed by atoms with van der Waals surface area (Å²) < 4.78 is 33.5. The van der Waals surface area contributed by atoms with Gasteiger partial charge >= 0.3 is 0 Å². The van der Waals surface area contributed by atoms with Gasteiger partial charge in [-0.25, -0.2) is 8.78 Å². The molecule has 0 radical (unpaired) electrons. The van der Waals surface area contributed by atoms with Gasteiger partial charge in [0.15, 0.2) is 11.6 Å². The molecule has 3 heteroatoms. The first-order valence-electron chi connectivity index (χ1n) is 8.35. The van der Waals surface area contributed by atoms with E-state index in [1.807, 2.05) is 6.26 Å². The average Bonchev–Trinajstić information content (AvgIpc) is 2.54. The van der Waals surface area contributed by atoms with E-state index < -0.39 is 11.6 Å². The smallest absolute Gasteiger partial charge is 0.162 e. The minimum Gasteiger partial charge on any atom is -0.498 e. The van der Waals surface area contributed by atoms with Crippen molar-refractivity contribution >= 4 is 0 Å². The van der Waals surface area contributed by atoms with Gasteiger partial charge in [-0.2, -0.15) is 0 Å². The van der Waals surface area contributed by atoms with Crippen LogP contribution in [0.5, 0.6) is 0 Å². The fourth-order valence-corrected chi connectivity index (χ4v) is 3.75. The number of ether oxygens (including phenoxy) is 1. The summed E-state index contributed by atoms with van der Waals surface area (Å²) in [6, 6.07) is 3.46. The zero-order valence-corrected chi connectivity index (χ0v) is 13.4. The fourth-order valence-electron chi connectivity index (χ4n) is 3.75. The van der Waals surface area contributed by atoms with E-state index in [0.29, 0.717) is 23.1 Å². The molecule has 1 saturated carbocycles. The van der Waals surface area contributed by atoms with Gasteiger partial charge in [-0.1, -0.05) is 12.1 Å². The molecule has 3 rings (SSSR count). The van der Waals surface area contributed by atoms with Crippen LogP contribution in [0, 0.1) is 24.5 Å². The first-order valence-corrected chi connectivity index (χ1v) is 8.35. The summed E-state index contributed by atoms with van der Waals surface area (Å²) in [5.41, 5.74) is 2.35. The van der Waals surface area contributed by atoms with Gasteiger partial charge in [-0.15, -0.1) is 0 Å². The second-order valence-corrected chi connectivity index (χ2v) is 6.83. The van der Waals surface area contributed by atoms with Crippen molar-refractivity contribution < 1.29 is 13.5 Å². The van der Waals surface area contributed by atoms with Crippen LogP contribution in [0.15, 0.2) is 24.0 Å². The third-order valence-electron chi connectivity index (χ3n) is 5.29. The third-order valence-corrected chi connectivity index (χ3v) is 5.29. The van der Waals surface area contributed by atoms with Gasteiger partial charge in [0, 0.05) is 0 Å². The van der Waals surface area contributed by atoms with E-state index in [1.54, 1.807) is 19.1 Å². The molecule has 0 saturated heterocycles. The maximum absolute atomic E-state index is 14.1. The van der Waals surface area contributed by atoms with E-state index in [2.05, 4.69) is 6.92 Å². The Morgan fingerprint density at radius 1 is 0.955 bits per heavy atom. The van der Waals surface area contributed by atoms with Crippen molar-refractivity contribution in [2.75, 3.05) is 0 Å². The number of allylic oxidation sites excluding steroid dienone is 1. The van der Waals surface area contributed by atoms with Gasteiger partial charge in [0.05, 0.1) is 12.4 Å². The summed E-state index contributed by atoms with van der Waals surface area (Å²) in [6.45, 7) is 3.70. The lowest BCUT2D eigenvalue weighted by Gasteiger charge is -2.32. The van der Waals surface area contributed by atoms with Crippen LogP contribution in [0.25, 0.3) is 0 Å². The van der Waals surface area contributed by atoms with Crippen molar-refractivity contribution in [2.24, 2.45) is 5.92 Å². The molecule has 0 amide bonds. The van der Waals surface area contributed by atoms with Crippen LogP contribution in [0.3, 0.4) is 0 Å². The molecule has 1 heterocycles. The highest BCUT2D eigenvalue weighted by Crippen LogP contribution is 2.41. The largest absolute Gasteiger partial charge is 0.498 e. The van der Waals surface area contributed by atoms with Gasteiger partial charge in [-0.3, -0.25) is 0 Å². The van der Waals surface area contributed by atoms with Gasteiger partial charge in [-0.05, 0) is 80.9 Å². The predicted octanol–water partition coefficient (Wildman–Crippen LogP) is 5.63. The normalized spacial score (nSPS) is 28.9. The lowest BCUT2D eigenvalue weighted by Crippen LogP contribution is -2.20. The van der Waals surface area contributed by atoms with E-state index in [9.17, 15) is 8.78 Å². The Morgan fingerprint density at radius 3 is 2.27 bits per heavy atom. The molecular weight excluding hydrogens is 282 g/mol. The summed E-state index contributed by atoms with van der Waals surface area (Å²) in [5.74, 6) is -0.619. The molecule has 0 spiro atoms.